The molecule has 0 radical (unpaired) electrons. The first-order valence-electron chi connectivity index (χ1n) is 5.72. The molecule has 104 valence electrons. The first-order chi connectivity index (χ1) is 8.10. The standard InChI is InChI=1S/C11H20BrN3O2S/c1-11(2,3)5-9(12)6-14-18(16,17)10-7-13-15(4)8-10/h7-9,14H,5-6H2,1-4H3. The summed E-state index contributed by atoms with van der Waals surface area (Å²) in [6, 6.07) is 0. The van der Waals surface area contributed by atoms with Crippen molar-refractivity contribution in [2.45, 2.75) is 36.9 Å². The second-order valence-electron chi connectivity index (χ2n) is 5.56. The highest BCUT2D eigenvalue weighted by Crippen LogP contribution is 2.24. The van der Waals surface area contributed by atoms with Crippen LogP contribution in [0.15, 0.2) is 17.3 Å². The average molecular weight is 338 g/mol. The average Bonchev–Trinajstić information content (AvgIpc) is 2.60. The Morgan fingerprint density at radius 2 is 2.11 bits per heavy atom. The lowest BCUT2D eigenvalue weighted by Crippen LogP contribution is -2.31. The Balaban J connectivity index is 2.58. The quantitative estimate of drug-likeness (QED) is 0.834. The zero-order valence-electron chi connectivity index (χ0n) is 11.1. The Labute approximate surface area is 117 Å². The first-order valence-corrected chi connectivity index (χ1v) is 8.12. The molecule has 0 aliphatic heterocycles. The smallest absolute Gasteiger partial charge is 0.243 e. The van der Waals surface area contributed by atoms with E-state index in [0.29, 0.717) is 6.54 Å². The molecule has 1 unspecified atom stereocenters. The highest BCUT2D eigenvalue weighted by molar-refractivity contribution is 9.09. The van der Waals surface area contributed by atoms with Gasteiger partial charge in [-0.3, -0.25) is 4.68 Å². The lowest BCUT2D eigenvalue weighted by atomic mass is 9.91. The Morgan fingerprint density at radius 3 is 2.56 bits per heavy atom. The summed E-state index contributed by atoms with van der Waals surface area (Å²) in [5, 5.41) is 3.86. The number of hydrogen-bond donors (Lipinski definition) is 1. The number of halogens is 1. The van der Waals surface area contributed by atoms with E-state index in [1.165, 1.54) is 17.1 Å². The van der Waals surface area contributed by atoms with Crippen molar-refractivity contribution in [1.82, 2.24) is 14.5 Å². The molecule has 7 heteroatoms. The number of aryl methyl sites for hydroxylation is 1. The molecule has 0 bridgehead atoms. The molecule has 1 aromatic rings. The fraction of sp³-hybridized carbons (Fsp3) is 0.727. The van der Waals surface area contributed by atoms with Crippen LogP contribution in [0.5, 0.6) is 0 Å². The van der Waals surface area contributed by atoms with Crippen molar-refractivity contribution < 1.29 is 8.42 Å². The second-order valence-corrected chi connectivity index (χ2v) is 8.63. The number of nitrogens with one attached hydrogen (secondary N) is 1. The molecule has 1 aromatic heterocycles. The van der Waals surface area contributed by atoms with Crippen molar-refractivity contribution in [3.05, 3.63) is 12.4 Å². The molecule has 5 nitrogen and oxygen atoms in total. The summed E-state index contributed by atoms with van der Waals surface area (Å²) in [4.78, 5) is 0.310. The van der Waals surface area contributed by atoms with E-state index in [0.717, 1.165) is 6.42 Å². The lowest BCUT2D eigenvalue weighted by molar-refractivity contribution is 0.373. The third-order valence-electron chi connectivity index (χ3n) is 2.32. The first kappa shape index (κ1) is 15.7. The van der Waals surface area contributed by atoms with Crippen molar-refractivity contribution in [1.29, 1.82) is 0 Å². The second kappa shape index (κ2) is 5.71. The molecule has 0 amide bonds. The van der Waals surface area contributed by atoms with E-state index in [9.17, 15) is 8.42 Å². The van der Waals surface area contributed by atoms with Gasteiger partial charge in [0.05, 0.1) is 6.20 Å². The maximum atomic E-state index is 11.9. The highest BCUT2D eigenvalue weighted by Gasteiger charge is 2.20. The van der Waals surface area contributed by atoms with Crippen molar-refractivity contribution in [3.63, 3.8) is 0 Å². The largest absolute Gasteiger partial charge is 0.274 e. The molecule has 0 saturated carbocycles. The maximum absolute atomic E-state index is 11.9. The molecular weight excluding hydrogens is 318 g/mol. The molecule has 0 aliphatic rings. The van der Waals surface area contributed by atoms with Gasteiger partial charge >= 0.3 is 0 Å². The van der Waals surface area contributed by atoms with E-state index in [1.807, 2.05) is 0 Å². The van der Waals surface area contributed by atoms with Gasteiger partial charge in [0.2, 0.25) is 10.0 Å². The fourth-order valence-corrected chi connectivity index (χ4v) is 3.97. The number of alkyl halides is 1. The van der Waals surface area contributed by atoms with Crippen LogP contribution in [0.1, 0.15) is 27.2 Å². The minimum atomic E-state index is -3.45. The predicted molar refractivity (Wildman–Crippen MR) is 75.2 cm³/mol. The molecule has 0 fully saturated rings. The Morgan fingerprint density at radius 1 is 1.50 bits per heavy atom. The van der Waals surface area contributed by atoms with Crippen LogP contribution in [0.25, 0.3) is 0 Å². The highest BCUT2D eigenvalue weighted by atomic mass is 79.9. The van der Waals surface area contributed by atoms with Gasteiger partial charge in [0.25, 0.3) is 0 Å². The minimum Gasteiger partial charge on any atom is -0.274 e. The van der Waals surface area contributed by atoms with Crippen molar-refractivity contribution in [3.8, 4) is 0 Å². The summed E-state index contributed by atoms with van der Waals surface area (Å²) >= 11 is 3.50. The molecule has 0 spiro atoms. The monoisotopic (exact) mass is 337 g/mol. The molecular formula is C11H20BrN3O2S. The summed E-state index contributed by atoms with van der Waals surface area (Å²) in [5.74, 6) is 0. The van der Waals surface area contributed by atoms with Gasteiger partial charge in [-0.1, -0.05) is 36.7 Å². The SMILES string of the molecule is Cn1cc(S(=O)(=O)NCC(Br)CC(C)(C)C)cn1. The van der Waals surface area contributed by atoms with Crippen LogP contribution >= 0.6 is 15.9 Å². The van der Waals surface area contributed by atoms with Gasteiger partial charge in [0.15, 0.2) is 0 Å². The summed E-state index contributed by atoms with van der Waals surface area (Å²) < 4.78 is 27.9. The number of sulfonamides is 1. The van der Waals surface area contributed by atoms with E-state index in [1.54, 1.807) is 7.05 Å². The van der Waals surface area contributed by atoms with E-state index >= 15 is 0 Å². The van der Waals surface area contributed by atoms with Gasteiger partial charge in [0.1, 0.15) is 4.90 Å². The fourth-order valence-electron chi connectivity index (χ4n) is 1.56. The molecule has 1 rings (SSSR count). The molecule has 1 heterocycles. The zero-order valence-corrected chi connectivity index (χ0v) is 13.5. The Kier molecular flexibility index (Phi) is 4.97. The summed E-state index contributed by atoms with van der Waals surface area (Å²) in [6.07, 6.45) is 3.72. The van der Waals surface area contributed by atoms with Crippen molar-refractivity contribution in [2.24, 2.45) is 12.5 Å². The van der Waals surface area contributed by atoms with Crippen LogP contribution in [-0.4, -0.2) is 29.6 Å². The van der Waals surface area contributed by atoms with Crippen LogP contribution in [0.4, 0.5) is 0 Å². The van der Waals surface area contributed by atoms with Crippen LogP contribution in [0.3, 0.4) is 0 Å². The molecule has 0 saturated heterocycles. The van der Waals surface area contributed by atoms with Crippen molar-refractivity contribution >= 4 is 26.0 Å². The predicted octanol–water partition coefficient (Wildman–Crippen LogP) is 1.90. The normalized spacial score (nSPS) is 14.7. The van der Waals surface area contributed by atoms with Crippen LogP contribution in [0.2, 0.25) is 0 Å². The number of nitrogens with zero attached hydrogens (tertiary/aromatic N) is 2. The molecule has 1 N–H and O–H groups in total. The summed E-state index contributed by atoms with van der Waals surface area (Å²) in [7, 11) is -1.77. The van der Waals surface area contributed by atoms with Crippen LogP contribution in [-0.2, 0) is 17.1 Å². The molecule has 0 aliphatic carbocycles. The lowest BCUT2D eigenvalue weighted by Gasteiger charge is -2.22. The van der Waals surface area contributed by atoms with Gasteiger partial charge in [0, 0.05) is 24.6 Å². The molecule has 18 heavy (non-hydrogen) atoms. The van der Waals surface area contributed by atoms with E-state index in [4.69, 9.17) is 0 Å². The molecule has 1 atom stereocenters. The van der Waals surface area contributed by atoms with Gasteiger partial charge in [-0.2, -0.15) is 5.10 Å². The van der Waals surface area contributed by atoms with E-state index in [-0.39, 0.29) is 15.1 Å². The maximum Gasteiger partial charge on any atom is 0.243 e. The third kappa shape index (κ3) is 5.07. The van der Waals surface area contributed by atoms with Crippen LogP contribution in [0, 0.1) is 5.41 Å². The number of aromatic nitrogens is 2. The Bertz CT molecular complexity index is 491. The van der Waals surface area contributed by atoms with Crippen LogP contribution < -0.4 is 4.72 Å². The minimum absolute atomic E-state index is 0.115. The van der Waals surface area contributed by atoms with E-state index in [2.05, 4.69) is 46.5 Å². The summed E-state index contributed by atoms with van der Waals surface area (Å²) in [6.45, 7) is 6.74. The molecule has 0 aromatic carbocycles. The third-order valence-corrected chi connectivity index (χ3v) is 4.35. The van der Waals surface area contributed by atoms with Gasteiger partial charge in [-0.05, 0) is 11.8 Å². The zero-order chi connectivity index (χ0) is 14.0. The van der Waals surface area contributed by atoms with Gasteiger partial charge in [-0.15, -0.1) is 0 Å². The number of hydrogen-bond acceptors (Lipinski definition) is 3. The summed E-state index contributed by atoms with van der Waals surface area (Å²) in [5.41, 5.74) is 0.161. The van der Waals surface area contributed by atoms with Crippen molar-refractivity contribution in [2.75, 3.05) is 6.54 Å². The topological polar surface area (TPSA) is 64.0 Å². The van der Waals surface area contributed by atoms with E-state index < -0.39 is 10.0 Å². The van der Waals surface area contributed by atoms with Gasteiger partial charge in [-0.25, -0.2) is 13.1 Å². The van der Waals surface area contributed by atoms with Gasteiger partial charge < -0.3 is 0 Å². The Hall–Kier alpha value is -0.400. The number of rotatable bonds is 5.